The van der Waals surface area contributed by atoms with Crippen LogP contribution in [0, 0.1) is 0 Å². The molecule has 0 atom stereocenters. The Morgan fingerprint density at radius 2 is 1.06 bits per heavy atom. The van der Waals surface area contributed by atoms with Gasteiger partial charge in [-0.1, -0.05) is 35.9 Å². The SMILES string of the molecule is FC(F)(F)c1ccc(CNc2ccc(NCc3ccc(C(F)(F)F)cc3)c(Cl)c2)cc1. The zero-order valence-corrected chi connectivity index (χ0v) is 16.7. The van der Waals surface area contributed by atoms with Crippen molar-refractivity contribution < 1.29 is 26.3 Å². The molecular formula is C22H17ClF6N2. The summed E-state index contributed by atoms with van der Waals surface area (Å²) in [4.78, 5) is 0. The number of rotatable bonds is 6. The Morgan fingerprint density at radius 3 is 1.48 bits per heavy atom. The third kappa shape index (κ3) is 6.30. The van der Waals surface area contributed by atoms with Crippen LogP contribution in [0.15, 0.2) is 66.7 Å². The van der Waals surface area contributed by atoms with Gasteiger partial charge in [0.25, 0.3) is 0 Å². The van der Waals surface area contributed by atoms with Crippen molar-refractivity contribution in [3.63, 3.8) is 0 Å². The van der Waals surface area contributed by atoms with Crippen LogP contribution in [0.2, 0.25) is 5.02 Å². The first kappa shape index (κ1) is 22.8. The van der Waals surface area contributed by atoms with Crippen molar-refractivity contribution in [1.29, 1.82) is 0 Å². The predicted molar refractivity (Wildman–Crippen MR) is 109 cm³/mol. The fourth-order valence-electron chi connectivity index (χ4n) is 2.79. The Hall–Kier alpha value is -2.87. The van der Waals surface area contributed by atoms with Crippen molar-refractivity contribution in [2.75, 3.05) is 10.6 Å². The minimum atomic E-state index is -4.38. The zero-order valence-electron chi connectivity index (χ0n) is 15.9. The Morgan fingerprint density at radius 1 is 0.613 bits per heavy atom. The summed E-state index contributed by atoms with van der Waals surface area (Å²) >= 11 is 6.26. The number of hydrogen-bond donors (Lipinski definition) is 2. The number of benzene rings is 3. The molecule has 31 heavy (non-hydrogen) atoms. The summed E-state index contributed by atoms with van der Waals surface area (Å²) in [5.41, 5.74) is 1.19. The minimum Gasteiger partial charge on any atom is -0.381 e. The molecule has 0 heterocycles. The molecule has 2 nitrogen and oxygen atoms in total. The molecule has 3 aromatic carbocycles. The van der Waals surface area contributed by atoms with E-state index in [1.807, 2.05) is 0 Å². The van der Waals surface area contributed by atoms with E-state index >= 15 is 0 Å². The van der Waals surface area contributed by atoms with Gasteiger partial charge in [-0.3, -0.25) is 0 Å². The number of hydrogen-bond acceptors (Lipinski definition) is 2. The van der Waals surface area contributed by atoms with E-state index in [1.54, 1.807) is 18.2 Å². The first-order chi connectivity index (χ1) is 14.5. The third-order valence-electron chi connectivity index (χ3n) is 4.51. The largest absolute Gasteiger partial charge is 0.416 e. The van der Waals surface area contributed by atoms with Crippen molar-refractivity contribution in [3.8, 4) is 0 Å². The lowest BCUT2D eigenvalue weighted by Gasteiger charge is -2.13. The number of nitrogens with one attached hydrogen (secondary N) is 2. The van der Waals surface area contributed by atoms with Gasteiger partial charge in [-0.25, -0.2) is 0 Å². The van der Waals surface area contributed by atoms with Gasteiger partial charge in [-0.2, -0.15) is 26.3 Å². The quantitative estimate of drug-likeness (QED) is 0.371. The summed E-state index contributed by atoms with van der Waals surface area (Å²) in [5, 5.41) is 6.54. The molecule has 0 aliphatic rings. The van der Waals surface area contributed by atoms with Crippen LogP contribution >= 0.6 is 11.6 Å². The van der Waals surface area contributed by atoms with E-state index < -0.39 is 23.5 Å². The topological polar surface area (TPSA) is 24.1 Å². The Labute approximate surface area is 179 Å². The van der Waals surface area contributed by atoms with E-state index in [2.05, 4.69) is 10.6 Å². The smallest absolute Gasteiger partial charge is 0.381 e. The number of anilines is 2. The highest BCUT2D eigenvalue weighted by Gasteiger charge is 2.30. The third-order valence-corrected chi connectivity index (χ3v) is 4.82. The van der Waals surface area contributed by atoms with Crippen molar-refractivity contribution in [2.24, 2.45) is 0 Å². The van der Waals surface area contributed by atoms with E-state index in [0.717, 1.165) is 24.3 Å². The van der Waals surface area contributed by atoms with Gasteiger partial charge < -0.3 is 10.6 Å². The van der Waals surface area contributed by atoms with E-state index in [-0.39, 0.29) is 6.54 Å². The molecule has 0 amide bonds. The number of halogens is 7. The van der Waals surface area contributed by atoms with Gasteiger partial charge in [-0.15, -0.1) is 0 Å². The predicted octanol–water partition coefficient (Wildman–Crippen LogP) is 7.60. The van der Waals surface area contributed by atoms with Crippen LogP contribution in [0.3, 0.4) is 0 Å². The van der Waals surface area contributed by atoms with Crippen molar-refractivity contribution in [2.45, 2.75) is 25.4 Å². The average molecular weight is 459 g/mol. The van der Waals surface area contributed by atoms with E-state index in [1.165, 1.54) is 24.3 Å². The molecular weight excluding hydrogens is 442 g/mol. The van der Waals surface area contributed by atoms with Crippen LogP contribution in [0.1, 0.15) is 22.3 Å². The summed E-state index contributed by atoms with van der Waals surface area (Å²) in [6.07, 6.45) is -8.75. The summed E-state index contributed by atoms with van der Waals surface area (Å²) in [5.74, 6) is 0. The molecule has 0 spiro atoms. The lowest BCUT2D eigenvalue weighted by molar-refractivity contribution is -0.138. The van der Waals surface area contributed by atoms with Crippen LogP contribution in [0.25, 0.3) is 0 Å². The Kier molecular flexibility index (Phi) is 6.69. The van der Waals surface area contributed by atoms with Gasteiger partial charge in [0.1, 0.15) is 0 Å². The summed E-state index contributed by atoms with van der Waals surface area (Å²) in [7, 11) is 0. The highest BCUT2D eigenvalue weighted by atomic mass is 35.5. The molecule has 2 N–H and O–H groups in total. The average Bonchev–Trinajstić information content (AvgIpc) is 2.71. The maximum absolute atomic E-state index is 12.6. The number of alkyl halides is 6. The molecule has 0 aliphatic heterocycles. The molecule has 0 radical (unpaired) electrons. The van der Waals surface area contributed by atoms with Gasteiger partial charge in [0.15, 0.2) is 0 Å². The van der Waals surface area contributed by atoms with Crippen LogP contribution in [-0.4, -0.2) is 0 Å². The second kappa shape index (κ2) is 9.09. The van der Waals surface area contributed by atoms with Crippen molar-refractivity contribution in [3.05, 3.63) is 94.0 Å². The van der Waals surface area contributed by atoms with Crippen molar-refractivity contribution in [1.82, 2.24) is 0 Å². The van der Waals surface area contributed by atoms with Crippen LogP contribution in [-0.2, 0) is 25.4 Å². The molecule has 3 aromatic rings. The van der Waals surface area contributed by atoms with Gasteiger partial charge in [0.2, 0.25) is 0 Å². The molecule has 164 valence electrons. The van der Waals surface area contributed by atoms with E-state index in [4.69, 9.17) is 11.6 Å². The summed E-state index contributed by atoms with van der Waals surface area (Å²) in [6, 6.07) is 14.8. The molecule has 3 rings (SSSR count). The molecule has 0 saturated carbocycles. The maximum Gasteiger partial charge on any atom is 0.416 e. The van der Waals surface area contributed by atoms with Crippen molar-refractivity contribution >= 4 is 23.0 Å². The maximum atomic E-state index is 12.6. The second-order valence-electron chi connectivity index (χ2n) is 6.79. The van der Waals surface area contributed by atoms with Gasteiger partial charge in [0, 0.05) is 18.8 Å². The lowest BCUT2D eigenvalue weighted by Crippen LogP contribution is -2.06. The fourth-order valence-corrected chi connectivity index (χ4v) is 3.04. The summed E-state index contributed by atoms with van der Waals surface area (Å²) < 4.78 is 75.7. The van der Waals surface area contributed by atoms with E-state index in [0.29, 0.717) is 34.1 Å². The van der Waals surface area contributed by atoms with Gasteiger partial charge in [-0.05, 0) is 53.6 Å². The van der Waals surface area contributed by atoms with Crippen LogP contribution in [0.5, 0.6) is 0 Å². The molecule has 0 fully saturated rings. The monoisotopic (exact) mass is 458 g/mol. The van der Waals surface area contributed by atoms with E-state index in [9.17, 15) is 26.3 Å². The standard InChI is InChI=1S/C22H17ClF6N2/c23-19-11-18(30-12-14-1-5-16(6-2-14)21(24,25)26)9-10-20(19)31-13-15-3-7-17(8-4-15)22(27,28)29/h1-11,30-31H,12-13H2. The molecule has 0 saturated heterocycles. The van der Waals surface area contributed by atoms with Crippen LogP contribution in [0.4, 0.5) is 37.7 Å². The molecule has 0 unspecified atom stereocenters. The molecule has 0 aromatic heterocycles. The normalized spacial score (nSPS) is 12.0. The van der Waals surface area contributed by atoms with Gasteiger partial charge >= 0.3 is 12.4 Å². The molecule has 9 heteroatoms. The molecule has 0 aliphatic carbocycles. The first-order valence-corrected chi connectivity index (χ1v) is 9.50. The van der Waals surface area contributed by atoms with Crippen LogP contribution < -0.4 is 10.6 Å². The van der Waals surface area contributed by atoms with Gasteiger partial charge in [0.05, 0.1) is 21.8 Å². The minimum absolute atomic E-state index is 0.288. The highest BCUT2D eigenvalue weighted by Crippen LogP contribution is 2.31. The first-order valence-electron chi connectivity index (χ1n) is 9.12. The second-order valence-corrected chi connectivity index (χ2v) is 7.20. The summed E-state index contributed by atoms with van der Waals surface area (Å²) in [6.45, 7) is 0.600. The highest BCUT2D eigenvalue weighted by molar-refractivity contribution is 6.33. The Bertz CT molecular complexity index is 1010. The Balaban J connectivity index is 1.56. The lowest BCUT2D eigenvalue weighted by atomic mass is 10.1. The molecule has 0 bridgehead atoms. The fraction of sp³-hybridized carbons (Fsp3) is 0.182. The zero-order chi connectivity index (χ0) is 22.6.